The number of benzene rings is 2. The van der Waals surface area contributed by atoms with E-state index in [9.17, 15) is 4.79 Å². The molecule has 0 radical (unpaired) electrons. The minimum atomic E-state index is -0.777. The average Bonchev–Trinajstić information content (AvgIpc) is 3.32. The first-order valence-corrected chi connectivity index (χ1v) is 12.1. The van der Waals surface area contributed by atoms with Gasteiger partial charge in [-0.05, 0) is 64.2 Å². The van der Waals surface area contributed by atoms with Crippen LogP contribution in [-0.4, -0.2) is 29.7 Å². The molecule has 0 N–H and O–H groups in total. The Bertz CT molecular complexity index is 957. The van der Waals surface area contributed by atoms with E-state index in [4.69, 9.17) is 18.9 Å². The molecule has 0 aromatic heterocycles. The molecule has 1 unspecified atom stereocenters. The van der Waals surface area contributed by atoms with Crippen molar-refractivity contribution in [1.29, 1.82) is 0 Å². The molecule has 2 heterocycles. The van der Waals surface area contributed by atoms with Gasteiger partial charge in [-0.25, -0.2) is 4.79 Å². The van der Waals surface area contributed by atoms with E-state index in [-0.39, 0.29) is 12.1 Å². The molecule has 6 heteroatoms. The van der Waals surface area contributed by atoms with Crippen LogP contribution in [0, 0.1) is 0 Å². The smallest absolute Gasteiger partial charge is 0.410 e. The zero-order chi connectivity index (χ0) is 24.0. The highest BCUT2D eigenvalue weighted by molar-refractivity contribution is 5.69. The highest BCUT2D eigenvalue weighted by atomic mass is 16.7. The Morgan fingerprint density at radius 1 is 1.03 bits per heavy atom. The summed E-state index contributed by atoms with van der Waals surface area (Å²) in [6.45, 7) is 6.98. The first kappa shape index (κ1) is 24.0. The fourth-order valence-corrected chi connectivity index (χ4v) is 4.49. The van der Waals surface area contributed by atoms with Gasteiger partial charge >= 0.3 is 6.09 Å². The standard InChI is InChI=1S/C28H35NO5/c1-27(2,3)34-26(30)29-18-8-7-12-25(29)22-13-15-24(16-14-22)31-19-9-17-28(32-20-21-33-28)23-10-5-4-6-11-23/h4-6,10-11,13-16,20-21,25H,7-9,12,17-19H2,1-3H3. The van der Waals surface area contributed by atoms with Crippen LogP contribution < -0.4 is 4.74 Å². The van der Waals surface area contributed by atoms with E-state index >= 15 is 0 Å². The van der Waals surface area contributed by atoms with Crippen LogP contribution in [-0.2, 0) is 20.0 Å². The number of carbonyl (C=O) groups is 1. The lowest BCUT2D eigenvalue weighted by Crippen LogP contribution is -2.41. The zero-order valence-electron chi connectivity index (χ0n) is 20.4. The lowest BCUT2D eigenvalue weighted by Gasteiger charge is -2.37. The summed E-state index contributed by atoms with van der Waals surface area (Å²) in [7, 11) is 0. The third-order valence-corrected chi connectivity index (χ3v) is 6.10. The molecular weight excluding hydrogens is 430 g/mol. The number of likely N-dealkylation sites (tertiary alicyclic amines) is 1. The summed E-state index contributed by atoms with van der Waals surface area (Å²) >= 11 is 0. The summed E-state index contributed by atoms with van der Waals surface area (Å²) in [6, 6.07) is 18.1. The first-order chi connectivity index (χ1) is 16.4. The second-order valence-electron chi connectivity index (χ2n) is 9.83. The van der Waals surface area contributed by atoms with Gasteiger partial charge in [-0.2, -0.15) is 0 Å². The monoisotopic (exact) mass is 465 g/mol. The van der Waals surface area contributed by atoms with Crippen molar-refractivity contribution in [3.63, 3.8) is 0 Å². The van der Waals surface area contributed by atoms with Crippen molar-refractivity contribution in [2.75, 3.05) is 13.2 Å². The molecular formula is C28H35NO5. The van der Waals surface area contributed by atoms with Gasteiger partial charge in [0, 0.05) is 18.5 Å². The van der Waals surface area contributed by atoms with Crippen LogP contribution in [0.1, 0.15) is 70.0 Å². The summed E-state index contributed by atoms with van der Waals surface area (Å²) in [6.07, 6.45) is 7.44. The van der Waals surface area contributed by atoms with E-state index in [0.29, 0.717) is 13.0 Å². The maximum Gasteiger partial charge on any atom is 0.410 e. The number of piperidine rings is 1. The topological polar surface area (TPSA) is 57.2 Å². The molecule has 2 aromatic carbocycles. The fraction of sp³-hybridized carbons (Fsp3) is 0.464. The second-order valence-corrected chi connectivity index (χ2v) is 9.83. The molecule has 2 aliphatic heterocycles. The Kier molecular flexibility index (Phi) is 7.35. The van der Waals surface area contributed by atoms with Crippen LogP contribution in [0.5, 0.6) is 5.75 Å². The van der Waals surface area contributed by atoms with Crippen LogP contribution >= 0.6 is 0 Å². The van der Waals surface area contributed by atoms with E-state index in [0.717, 1.165) is 49.1 Å². The number of nitrogens with zero attached hydrogens (tertiary/aromatic N) is 1. The van der Waals surface area contributed by atoms with Gasteiger partial charge in [0.2, 0.25) is 0 Å². The van der Waals surface area contributed by atoms with Gasteiger partial charge in [0.15, 0.2) is 0 Å². The predicted octanol–water partition coefficient (Wildman–Crippen LogP) is 6.68. The molecule has 34 heavy (non-hydrogen) atoms. The van der Waals surface area contributed by atoms with Gasteiger partial charge in [-0.3, -0.25) is 0 Å². The summed E-state index contributed by atoms with van der Waals surface area (Å²) in [4.78, 5) is 14.6. The van der Waals surface area contributed by atoms with Crippen LogP contribution in [0.2, 0.25) is 0 Å². The SMILES string of the molecule is CC(C)(C)OC(=O)N1CCCCC1c1ccc(OCCCC2(c3ccccc3)OC=CO2)cc1. The highest BCUT2D eigenvalue weighted by Gasteiger charge is 2.37. The Morgan fingerprint density at radius 2 is 1.74 bits per heavy atom. The largest absolute Gasteiger partial charge is 0.494 e. The van der Waals surface area contributed by atoms with Crippen molar-refractivity contribution >= 4 is 6.09 Å². The molecule has 1 amide bonds. The maximum atomic E-state index is 12.7. The first-order valence-electron chi connectivity index (χ1n) is 12.1. The number of hydrogen-bond acceptors (Lipinski definition) is 5. The lowest BCUT2D eigenvalue weighted by molar-refractivity contribution is -0.157. The van der Waals surface area contributed by atoms with Crippen molar-refractivity contribution in [2.24, 2.45) is 0 Å². The summed E-state index contributed by atoms with van der Waals surface area (Å²) in [5, 5.41) is 0. The number of ether oxygens (including phenoxy) is 4. The van der Waals surface area contributed by atoms with Gasteiger partial charge in [0.05, 0.1) is 12.6 Å². The van der Waals surface area contributed by atoms with E-state index < -0.39 is 11.4 Å². The molecule has 2 aliphatic rings. The highest BCUT2D eigenvalue weighted by Crippen LogP contribution is 2.37. The summed E-state index contributed by atoms with van der Waals surface area (Å²) in [5.41, 5.74) is 1.60. The molecule has 0 bridgehead atoms. The zero-order valence-corrected chi connectivity index (χ0v) is 20.4. The van der Waals surface area contributed by atoms with Crippen LogP contribution in [0.25, 0.3) is 0 Å². The van der Waals surface area contributed by atoms with E-state index in [1.165, 1.54) is 0 Å². The normalized spacial score (nSPS) is 19.3. The Hall–Kier alpha value is -3.15. The van der Waals surface area contributed by atoms with Crippen LogP contribution in [0.3, 0.4) is 0 Å². The van der Waals surface area contributed by atoms with Gasteiger partial charge in [-0.15, -0.1) is 0 Å². The Morgan fingerprint density at radius 3 is 2.41 bits per heavy atom. The molecule has 182 valence electrons. The quantitative estimate of drug-likeness (QED) is 0.427. The number of amides is 1. The molecule has 6 nitrogen and oxygen atoms in total. The maximum absolute atomic E-state index is 12.7. The Balaban J connectivity index is 1.31. The summed E-state index contributed by atoms with van der Waals surface area (Å²) in [5.74, 6) is 0.0316. The molecule has 1 atom stereocenters. The van der Waals surface area contributed by atoms with E-state index in [2.05, 4.69) is 12.1 Å². The van der Waals surface area contributed by atoms with Crippen molar-refractivity contribution in [3.8, 4) is 5.75 Å². The molecule has 1 fully saturated rings. The van der Waals surface area contributed by atoms with Crippen molar-refractivity contribution in [1.82, 2.24) is 4.90 Å². The van der Waals surface area contributed by atoms with Crippen molar-refractivity contribution in [2.45, 2.75) is 70.3 Å². The molecule has 0 saturated carbocycles. The van der Waals surface area contributed by atoms with Gasteiger partial charge < -0.3 is 23.8 Å². The predicted molar refractivity (Wildman–Crippen MR) is 130 cm³/mol. The number of carbonyl (C=O) groups excluding carboxylic acids is 1. The van der Waals surface area contributed by atoms with Gasteiger partial charge in [-0.1, -0.05) is 42.5 Å². The van der Waals surface area contributed by atoms with Gasteiger partial charge in [0.25, 0.3) is 5.79 Å². The van der Waals surface area contributed by atoms with Gasteiger partial charge in [0.1, 0.15) is 23.9 Å². The molecule has 2 aromatic rings. The van der Waals surface area contributed by atoms with E-state index in [1.807, 2.05) is 68.1 Å². The number of hydrogen-bond donors (Lipinski definition) is 0. The molecule has 4 rings (SSSR count). The fourth-order valence-electron chi connectivity index (χ4n) is 4.49. The van der Waals surface area contributed by atoms with Crippen LogP contribution in [0.4, 0.5) is 4.79 Å². The Labute approximate surface area is 202 Å². The second kappa shape index (κ2) is 10.4. The minimum absolute atomic E-state index is 0.0348. The summed E-state index contributed by atoms with van der Waals surface area (Å²) < 4.78 is 23.3. The number of rotatable bonds is 7. The lowest BCUT2D eigenvalue weighted by atomic mass is 9.95. The third-order valence-electron chi connectivity index (χ3n) is 6.10. The van der Waals surface area contributed by atoms with E-state index in [1.54, 1.807) is 12.5 Å². The third kappa shape index (κ3) is 5.85. The van der Waals surface area contributed by atoms with Crippen LogP contribution in [0.15, 0.2) is 67.1 Å². The molecule has 0 aliphatic carbocycles. The molecule has 1 saturated heterocycles. The minimum Gasteiger partial charge on any atom is -0.494 e. The van der Waals surface area contributed by atoms with Crippen molar-refractivity contribution < 1.29 is 23.7 Å². The average molecular weight is 466 g/mol. The molecule has 0 spiro atoms. The van der Waals surface area contributed by atoms with Crippen molar-refractivity contribution in [3.05, 3.63) is 78.2 Å².